The van der Waals surface area contributed by atoms with Gasteiger partial charge in [-0.3, -0.25) is 10.1 Å². The van der Waals surface area contributed by atoms with Gasteiger partial charge in [-0.2, -0.15) is 0 Å². The van der Waals surface area contributed by atoms with E-state index in [1.54, 1.807) is 6.92 Å². The molecule has 0 aromatic rings. The molecule has 0 spiro atoms. The van der Waals surface area contributed by atoms with Crippen LogP contribution < -0.4 is 5.32 Å². The fourth-order valence-corrected chi connectivity index (χ4v) is 3.21. The van der Waals surface area contributed by atoms with Crippen molar-refractivity contribution in [2.75, 3.05) is 13.1 Å². The van der Waals surface area contributed by atoms with Crippen LogP contribution in [0.5, 0.6) is 0 Å². The maximum Gasteiger partial charge on any atom is 0.323 e. The number of hydrogen-bond acceptors (Lipinski definition) is 3. The molecule has 1 saturated heterocycles. The predicted molar refractivity (Wildman–Crippen MR) is 78.4 cm³/mol. The van der Waals surface area contributed by atoms with Gasteiger partial charge in [0.2, 0.25) is 0 Å². The minimum Gasteiger partial charge on any atom is -0.480 e. The van der Waals surface area contributed by atoms with Gasteiger partial charge in [0.15, 0.2) is 0 Å². The smallest absolute Gasteiger partial charge is 0.323 e. The highest BCUT2D eigenvalue weighted by Crippen LogP contribution is 2.23. The van der Waals surface area contributed by atoms with Crippen LogP contribution in [0.4, 0.5) is 0 Å². The van der Waals surface area contributed by atoms with Crippen molar-refractivity contribution in [3.63, 3.8) is 0 Å². The summed E-state index contributed by atoms with van der Waals surface area (Å²) in [5, 5.41) is 12.6. The Kier molecular flexibility index (Phi) is 5.81. The first-order valence-corrected chi connectivity index (χ1v) is 7.49. The number of carboxylic acids is 1. The normalized spacial score (nSPS) is 27.7. The second-order valence-corrected chi connectivity index (χ2v) is 6.72. The Bertz CT molecular complexity index is 307. The molecule has 2 N–H and O–H groups in total. The highest BCUT2D eigenvalue weighted by Gasteiger charge is 2.33. The Morgan fingerprint density at radius 2 is 2.11 bits per heavy atom. The molecule has 0 bridgehead atoms. The van der Waals surface area contributed by atoms with Crippen LogP contribution in [0.15, 0.2) is 0 Å². The van der Waals surface area contributed by atoms with Crippen LogP contribution in [0.2, 0.25) is 0 Å². The lowest BCUT2D eigenvalue weighted by atomic mass is 9.94. The topological polar surface area (TPSA) is 52.6 Å². The molecule has 1 aliphatic heterocycles. The largest absolute Gasteiger partial charge is 0.480 e. The maximum absolute atomic E-state index is 11.4. The number of likely N-dealkylation sites (tertiary alicyclic amines) is 1. The van der Waals surface area contributed by atoms with E-state index in [9.17, 15) is 9.90 Å². The molecule has 4 heteroatoms. The van der Waals surface area contributed by atoms with E-state index in [-0.39, 0.29) is 6.04 Å². The van der Waals surface area contributed by atoms with Gasteiger partial charge in [0.1, 0.15) is 5.54 Å². The van der Waals surface area contributed by atoms with E-state index in [0.717, 1.165) is 25.4 Å². The molecule has 1 heterocycles. The molecule has 3 atom stereocenters. The second kappa shape index (κ2) is 6.71. The number of aliphatic carboxylic acids is 1. The summed E-state index contributed by atoms with van der Waals surface area (Å²) in [6, 6.07) is 0.830. The van der Waals surface area contributed by atoms with Crippen LogP contribution >= 0.6 is 0 Å². The molecule has 1 rings (SSSR count). The van der Waals surface area contributed by atoms with Gasteiger partial charge >= 0.3 is 5.97 Å². The van der Waals surface area contributed by atoms with Gasteiger partial charge in [-0.1, -0.05) is 6.92 Å². The van der Waals surface area contributed by atoms with Crippen molar-refractivity contribution in [2.24, 2.45) is 5.92 Å². The fraction of sp³-hybridized carbons (Fsp3) is 0.933. The molecule has 3 unspecified atom stereocenters. The molecule has 1 aliphatic rings. The maximum atomic E-state index is 11.4. The first-order valence-electron chi connectivity index (χ1n) is 7.49. The Balaban J connectivity index is 2.43. The second-order valence-electron chi connectivity index (χ2n) is 6.72. The van der Waals surface area contributed by atoms with Crippen LogP contribution in [0.1, 0.15) is 53.9 Å². The molecule has 19 heavy (non-hydrogen) atoms. The lowest BCUT2D eigenvalue weighted by molar-refractivity contribution is -0.144. The number of carbonyl (C=O) groups is 1. The van der Waals surface area contributed by atoms with Gasteiger partial charge in [-0.25, -0.2) is 0 Å². The summed E-state index contributed by atoms with van der Waals surface area (Å²) >= 11 is 0. The number of carboxylic acid groups (broad SMARTS) is 1. The molecule has 0 aromatic heterocycles. The number of nitrogens with zero attached hydrogens (tertiary/aromatic N) is 1. The van der Waals surface area contributed by atoms with Gasteiger partial charge in [-0.15, -0.1) is 0 Å². The van der Waals surface area contributed by atoms with E-state index in [2.05, 4.69) is 24.1 Å². The molecule has 1 fully saturated rings. The predicted octanol–water partition coefficient (Wildman–Crippen LogP) is 2.34. The first-order chi connectivity index (χ1) is 8.74. The zero-order chi connectivity index (χ0) is 14.6. The lowest BCUT2D eigenvalue weighted by Crippen LogP contribution is -2.52. The molecule has 0 aromatic carbocycles. The van der Waals surface area contributed by atoms with E-state index in [1.807, 2.05) is 13.8 Å². The van der Waals surface area contributed by atoms with E-state index in [0.29, 0.717) is 12.5 Å². The monoisotopic (exact) mass is 270 g/mol. The lowest BCUT2D eigenvalue weighted by Gasteiger charge is -2.30. The number of hydrogen-bond donors (Lipinski definition) is 2. The molecule has 112 valence electrons. The molecular weight excluding hydrogens is 240 g/mol. The third-order valence-electron chi connectivity index (χ3n) is 4.11. The van der Waals surface area contributed by atoms with Gasteiger partial charge in [0.25, 0.3) is 0 Å². The standard InChI is InChI=1S/C15H30N2O2/c1-11(2)16-15(5,14(18)19)7-6-8-17-10-12(3)9-13(17)4/h11-13,16H,6-10H2,1-5H3,(H,18,19). The highest BCUT2D eigenvalue weighted by atomic mass is 16.4. The van der Waals surface area contributed by atoms with Crippen LogP contribution in [-0.2, 0) is 4.79 Å². The summed E-state index contributed by atoms with van der Waals surface area (Å²) in [6.45, 7) is 12.5. The van der Waals surface area contributed by atoms with Crippen molar-refractivity contribution >= 4 is 5.97 Å². The summed E-state index contributed by atoms with van der Waals surface area (Å²) in [7, 11) is 0. The van der Waals surface area contributed by atoms with E-state index < -0.39 is 11.5 Å². The Hall–Kier alpha value is -0.610. The summed E-state index contributed by atoms with van der Waals surface area (Å²) < 4.78 is 0. The number of nitrogens with one attached hydrogen (secondary N) is 1. The zero-order valence-corrected chi connectivity index (χ0v) is 13.1. The minimum absolute atomic E-state index is 0.187. The van der Waals surface area contributed by atoms with Crippen LogP contribution in [0.25, 0.3) is 0 Å². The van der Waals surface area contributed by atoms with Crippen molar-refractivity contribution in [3.05, 3.63) is 0 Å². The molecule has 0 saturated carbocycles. The SMILES string of the molecule is CC1CC(C)N(CCCC(C)(NC(C)C)C(=O)O)C1. The third-order valence-corrected chi connectivity index (χ3v) is 4.11. The first kappa shape index (κ1) is 16.4. The van der Waals surface area contributed by atoms with Gasteiger partial charge in [0, 0.05) is 18.6 Å². The molecule has 0 aliphatic carbocycles. The van der Waals surface area contributed by atoms with Crippen molar-refractivity contribution in [1.82, 2.24) is 10.2 Å². The van der Waals surface area contributed by atoms with E-state index in [4.69, 9.17) is 0 Å². The summed E-state index contributed by atoms with van der Waals surface area (Å²) in [5.41, 5.74) is -0.803. The van der Waals surface area contributed by atoms with Crippen molar-refractivity contribution in [2.45, 2.75) is 71.5 Å². The zero-order valence-electron chi connectivity index (χ0n) is 13.1. The van der Waals surface area contributed by atoms with E-state index >= 15 is 0 Å². The average Bonchev–Trinajstić information content (AvgIpc) is 2.56. The van der Waals surface area contributed by atoms with E-state index in [1.165, 1.54) is 6.42 Å². The Labute approximate surface area is 117 Å². The average molecular weight is 270 g/mol. The fourth-order valence-electron chi connectivity index (χ4n) is 3.21. The molecular formula is C15H30N2O2. The summed E-state index contributed by atoms with van der Waals surface area (Å²) in [6.07, 6.45) is 2.87. The quantitative estimate of drug-likeness (QED) is 0.745. The third kappa shape index (κ3) is 4.77. The van der Waals surface area contributed by atoms with Crippen LogP contribution in [0.3, 0.4) is 0 Å². The Morgan fingerprint density at radius 1 is 1.47 bits per heavy atom. The Morgan fingerprint density at radius 3 is 2.53 bits per heavy atom. The highest BCUT2D eigenvalue weighted by molar-refractivity contribution is 5.78. The van der Waals surface area contributed by atoms with Crippen molar-refractivity contribution < 1.29 is 9.90 Å². The van der Waals surface area contributed by atoms with Crippen molar-refractivity contribution in [1.29, 1.82) is 0 Å². The minimum atomic E-state index is -0.803. The van der Waals surface area contributed by atoms with Crippen LogP contribution in [-0.4, -0.2) is 46.7 Å². The number of rotatable bonds is 7. The van der Waals surface area contributed by atoms with Crippen molar-refractivity contribution in [3.8, 4) is 0 Å². The van der Waals surface area contributed by atoms with Crippen LogP contribution in [0, 0.1) is 5.92 Å². The van der Waals surface area contributed by atoms with Gasteiger partial charge in [-0.05, 0) is 59.4 Å². The summed E-state index contributed by atoms with van der Waals surface area (Å²) in [5.74, 6) is 0.0266. The molecule has 0 amide bonds. The van der Waals surface area contributed by atoms with Gasteiger partial charge in [0.05, 0.1) is 0 Å². The summed E-state index contributed by atoms with van der Waals surface area (Å²) in [4.78, 5) is 13.9. The molecule has 0 radical (unpaired) electrons. The molecule has 4 nitrogen and oxygen atoms in total. The van der Waals surface area contributed by atoms with Gasteiger partial charge < -0.3 is 10.0 Å².